The molecular formula is C10H11F7O2. The lowest BCUT2D eigenvalue weighted by atomic mass is 9.92. The molecule has 0 aliphatic carbocycles. The van der Waals surface area contributed by atoms with E-state index in [0.29, 0.717) is 20.8 Å². The van der Waals surface area contributed by atoms with Crippen LogP contribution in [0.15, 0.2) is 0 Å². The first-order valence-corrected chi connectivity index (χ1v) is 5.04. The molecule has 0 fully saturated rings. The van der Waals surface area contributed by atoms with Crippen molar-refractivity contribution in [3.8, 4) is 0 Å². The largest absolute Gasteiger partial charge is 0.381 e. The van der Waals surface area contributed by atoms with Gasteiger partial charge < -0.3 is 0 Å². The molecule has 0 N–H and O–H groups in total. The minimum absolute atomic E-state index is 0.374. The SMILES string of the molecule is CCC(F)(F)C(F)(F)C(F)(F)C(=O)C(=O)C(C)(C)F. The Morgan fingerprint density at radius 1 is 0.842 bits per heavy atom. The van der Waals surface area contributed by atoms with Crippen LogP contribution in [0.1, 0.15) is 27.2 Å². The number of hydrogen-bond acceptors (Lipinski definition) is 2. The van der Waals surface area contributed by atoms with Crippen molar-refractivity contribution in [3.63, 3.8) is 0 Å². The lowest BCUT2D eigenvalue weighted by Crippen LogP contribution is -2.60. The standard InChI is InChI=1S/C10H11F7O2/c1-4-8(12,13)10(16,17)9(14,15)6(19)5(18)7(2,3)11/h4H2,1-3H3. The van der Waals surface area contributed by atoms with Crippen LogP contribution in [0.2, 0.25) is 0 Å². The molecule has 0 saturated carbocycles. The van der Waals surface area contributed by atoms with Crippen LogP contribution in [-0.2, 0) is 9.59 Å². The van der Waals surface area contributed by atoms with Gasteiger partial charge in [-0.05, 0) is 13.8 Å². The van der Waals surface area contributed by atoms with E-state index in [1.807, 2.05) is 0 Å². The third kappa shape index (κ3) is 2.89. The van der Waals surface area contributed by atoms with E-state index in [9.17, 15) is 40.3 Å². The van der Waals surface area contributed by atoms with Gasteiger partial charge >= 0.3 is 17.8 Å². The highest BCUT2D eigenvalue weighted by Crippen LogP contribution is 2.48. The van der Waals surface area contributed by atoms with Crippen LogP contribution in [0.4, 0.5) is 30.7 Å². The van der Waals surface area contributed by atoms with Gasteiger partial charge in [0.15, 0.2) is 5.67 Å². The summed E-state index contributed by atoms with van der Waals surface area (Å²) in [5.41, 5.74) is -3.17. The van der Waals surface area contributed by atoms with Crippen molar-refractivity contribution in [2.75, 3.05) is 0 Å². The molecule has 0 unspecified atom stereocenters. The molecule has 0 bridgehead atoms. The predicted molar refractivity (Wildman–Crippen MR) is 50.3 cm³/mol. The number of Topliss-reactive ketones (excluding diaryl/α,β-unsaturated/α-hetero) is 2. The topological polar surface area (TPSA) is 34.1 Å². The summed E-state index contributed by atoms with van der Waals surface area (Å²) >= 11 is 0. The third-order valence-electron chi connectivity index (χ3n) is 2.33. The highest BCUT2D eigenvalue weighted by atomic mass is 19.3. The Hall–Kier alpha value is -1.15. The first-order valence-electron chi connectivity index (χ1n) is 5.04. The number of rotatable bonds is 6. The smallest absolute Gasteiger partial charge is 0.287 e. The summed E-state index contributed by atoms with van der Waals surface area (Å²) in [6.45, 7) is 1.24. The number of carbonyl (C=O) groups excluding carboxylic acids is 2. The Morgan fingerprint density at radius 2 is 1.21 bits per heavy atom. The molecule has 0 heterocycles. The molecule has 0 aromatic rings. The Bertz CT molecular complexity index is 382. The third-order valence-corrected chi connectivity index (χ3v) is 2.33. The lowest BCUT2D eigenvalue weighted by Gasteiger charge is -2.31. The highest BCUT2D eigenvalue weighted by Gasteiger charge is 2.75. The molecular weight excluding hydrogens is 285 g/mol. The van der Waals surface area contributed by atoms with Crippen molar-refractivity contribution in [1.29, 1.82) is 0 Å². The van der Waals surface area contributed by atoms with Crippen molar-refractivity contribution in [2.24, 2.45) is 0 Å². The van der Waals surface area contributed by atoms with Crippen molar-refractivity contribution in [2.45, 2.75) is 50.6 Å². The molecule has 0 saturated heterocycles. The van der Waals surface area contributed by atoms with Gasteiger partial charge in [0.1, 0.15) is 0 Å². The summed E-state index contributed by atoms with van der Waals surface area (Å²) < 4.78 is 90.7. The number of alkyl halides is 7. The maximum Gasteiger partial charge on any atom is 0.381 e. The first kappa shape index (κ1) is 17.8. The van der Waals surface area contributed by atoms with Gasteiger partial charge in [-0.15, -0.1) is 0 Å². The van der Waals surface area contributed by atoms with E-state index < -0.39 is 41.4 Å². The van der Waals surface area contributed by atoms with E-state index in [1.165, 1.54) is 0 Å². The number of halogens is 7. The summed E-state index contributed by atoms with van der Waals surface area (Å²) in [5, 5.41) is 0. The summed E-state index contributed by atoms with van der Waals surface area (Å²) in [7, 11) is 0. The maximum atomic E-state index is 13.1. The van der Waals surface area contributed by atoms with Crippen molar-refractivity contribution >= 4 is 11.6 Å². The molecule has 19 heavy (non-hydrogen) atoms. The van der Waals surface area contributed by atoms with E-state index in [2.05, 4.69) is 0 Å². The van der Waals surface area contributed by atoms with Gasteiger partial charge in [-0.2, -0.15) is 26.3 Å². The van der Waals surface area contributed by atoms with Crippen LogP contribution >= 0.6 is 0 Å². The van der Waals surface area contributed by atoms with Gasteiger partial charge in [-0.25, -0.2) is 4.39 Å². The van der Waals surface area contributed by atoms with Gasteiger partial charge in [-0.1, -0.05) is 6.92 Å². The molecule has 0 radical (unpaired) electrons. The zero-order chi connectivity index (χ0) is 15.9. The van der Waals surface area contributed by atoms with Crippen molar-refractivity contribution in [1.82, 2.24) is 0 Å². The predicted octanol–water partition coefficient (Wildman–Crippen LogP) is 3.19. The van der Waals surface area contributed by atoms with E-state index in [4.69, 9.17) is 0 Å². The number of ketones is 2. The van der Waals surface area contributed by atoms with E-state index in [0.717, 1.165) is 0 Å². The van der Waals surface area contributed by atoms with Gasteiger partial charge in [0.05, 0.1) is 0 Å². The molecule has 2 nitrogen and oxygen atoms in total. The molecule has 0 atom stereocenters. The maximum absolute atomic E-state index is 13.1. The Balaban J connectivity index is 5.63. The fourth-order valence-corrected chi connectivity index (χ4v) is 1.01. The summed E-state index contributed by atoms with van der Waals surface area (Å²) in [5.74, 6) is -23.0. The first-order chi connectivity index (χ1) is 8.13. The fraction of sp³-hybridized carbons (Fsp3) is 0.800. The van der Waals surface area contributed by atoms with Gasteiger partial charge in [0.2, 0.25) is 5.78 Å². The monoisotopic (exact) mass is 296 g/mol. The second-order valence-electron chi connectivity index (χ2n) is 4.34. The zero-order valence-corrected chi connectivity index (χ0v) is 10.2. The van der Waals surface area contributed by atoms with Crippen LogP contribution < -0.4 is 0 Å². The Kier molecular flexibility index (Phi) is 4.46. The summed E-state index contributed by atoms with van der Waals surface area (Å²) in [6, 6.07) is 0. The van der Waals surface area contributed by atoms with Crippen LogP contribution in [0, 0.1) is 0 Å². The van der Waals surface area contributed by atoms with Crippen LogP contribution in [-0.4, -0.2) is 35.0 Å². The van der Waals surface area contributed by atoms with Gasteiger partial charge in [0.25, 0.3) is 5.78 Å². The second-order valence-corrected chi connectivity index (χ2v) is 4.34. The number of carbonyl (C=O) groups is 2. The number of hydrogen-bond donors (Lipinski definition) is 0. The second kappa shape index (κ2) is 4.75. The molecule has 112 valence electrons. The minimum Gasteiger partial charge on any atom is -0.287 e. The lowest BCUT2D eigenvalue weighted by molar-refractivity contribution is -0.296. The highest BCUT2D eigenvalue weighted by molar-refractivity contribution is 6.42. The average Bonchev–Trinajstić information content (AvgIpc) is 2.24. The van der Waals surface area contributed by atoms with Crippen LogP contribution in [0.3, 0.4) is 0 Å². The minimum atomic E-state index is -6.09. The molecule has 9 heteroatoms. The van der Waals surface area contributed by atoms with E-state index >= 15 is 0 Å². The van der Waals surface area contributed by atoms with Crippen LogP contribution in [0.25, 0.3) is 0 Å². The molecule has 0 aromatic carbocycles. The van der Waals surface area contributed by atoms with Crippen molar-refractivity contribution < 1.29 is 40.3 Å². The van der Waals surface area contributed by atoms with Crippen molar-refractivity contribution in [3.05, 3.63) is 0 Å². The Morgan fingerprint density at radius 3 is 1.47 bits per heavy atom. The Labute approximate surface area is 104 Å². The van der Waals surface area contributed by atoms with E-state index in [-0.39, 0.29) is 0 Å². The summed E-state index contributed by atoms with van der Waals surface area (Å²) in [4.78, 5) is 21.8. The molecule has 0 aromatic heterocycles. The van der Waals surface area contributed by atoms with Gasteiger partial charge in [0, 0.05) is 6.42 Å². The molecule has 0 amide bonds. The molecule has 0 aliphatic rings. The molecule has 0 aliphatic heterocycles. The quantitative estimate of drug-likeness (QED) is 0.557. The molecule has 0 spiro atoms. The van der Waals surface area contributed by atoms with Crippen LogP contribution in [0.5, 0.6) is 0 Å². The fourth-order valence-electron chi connectivity index (χ4n) is 1.01. The van der Waals surface area contributed by atoms with E-state index in [1.54, 1.807) is 0 Å². The average molecular weight is 296 g/mol. The van der Waals surface area contributed by atoms with Gasteiger partial charge in [-0.3, -0.25) is 9.59 Å². The summed E-state index contributed by atoms with van der Waals surface area (Å²) in [6.07, 6.45) is -1.68. The molecule has 0 rings (SSSR count). The normalized spacial score (nSPS) is 14.4. The zero-order valence-electron chi connectivity index (χ0n) is 10.2.